The van der Waals surface area contributed by atoms with Crippen molar-refractivity contribution in [1.29, 1.82) is 0 Å². The SMILES string of the molecule is CCCC(CCC)C(=O)N(CCO)CCO. The molecule has 0 radical (unpaired) electrons. The molecule has 4 heteroatoms. The van der Waals surface area contributed by atoms with Crippen LogP contribution in [0.15, 0.2) is 0 Å². The Morgan fingerprint density at radius 3 is 1.81 bits per heavy atom. The average Bonchev–Trinajstić information content (AvgIpc) is 2.27. The van der Waals surface area contributed by atoms with E-state index < -0.39 is 0 Å². The van der Waals surface area contributed by atoms with Gasteiger partial charge in [0.15, 0.2) is 0 Å². The Hall–Kier alpha value is -0.610. The van der Waals surface area contributed by atoms with Crippen LogP contribution in [0.2, 0.25) is 0 Å². The first-order chi connectivity index (χ1) is 7.71. The van der Waals surface area contributed by atoms with Crippen molar-refractivity contribution in [1.82, 2.24) is 4.90 Å². The molecular formula is C12H25NO3. The zero-order chi connectivity index (χ0) is 12.4. The van der Waals surface area contributed by atoms with Crippen LogP contribution in [0.1, 0.15) is 39.5 Å². The summed E-state index contributed by atoms with van der Waals surface area (Å²) in [5, 5.41) is 17.8. The highest BCUT2D eigenvalue weighted by atomic mass is 16.3. The summed E-state index contributed by atoms with van der Waals surface area (Å²) >= 11 is 0. The Labute approximate surface area is 98.3 Å². The second kappa shape index (κ2) is 9.60. The smallest absolute Gasteiger partial charge is 0.225 e. The zero-order valence-corrected chi connectivity index (χ0v) is 10.5. The number of rotatable bonds is 9. The van der Waals surface area contributed by atoms with Crippen molar-refractivity contribution in [2.45, 2.75) is 39.5 Å². The van der Waals surface area contributed by atoms with Crippen LogP contribution in [-0.4, -0.2) is 47.3 Å². The van der Waals surface area contributed by atoms with Crippen molar-refractivity contribution in [2.24, 2.45) is 5.92 Å². The van der Waals surface area contributed by atoms with Crippen LogP contribution in [0, 0.1) is 5.92 Å². The van der Waals surface area contributed by atoms with E-state index in [1.165, 1.54) is 0 Å². The van der Waals surface area contributed by atoms with Crippen molar-refractivity contribution in [3.8, 4) is 0 Å². The van der Waals surface area contributed by atoms with Gasteiger partial charge in [0.05, 0.1) is 13.2 Å². The molecule has 0 saturated carbocycles. The third kappa shape index (κ3) is 5.47. The summed E-state index contributed by atoms with van der Waals surface area (Å²) in [5.74, 6) is 0.125. The summed E-state index contributed by atoms with van der Waals surface area (Å²) in [5.41, 5.74) is 0. The van der Waals surface area contributed by atoms with Gasteiger partial charge in [0.2, 0.25) is 5.91 Å². The summed E-state index contributed by atoms with van der Waals surface area (Å²) in [7, 11) is 0. The predicted octanol–water partition coefficient (Wildman–Crippen LogP) is 1.02. The lowest BCUT2D eigenvalue weighted by Crippen LogP contribution is -2.39. The van der Waals surface area contributed by atoms with E-state index >= 15 is 0 Å². The molecule has 16 heavy (non-hydrogen) atoms. The summed E-state index contributed by atoms with van der Waals surface area (Å²) in [6.45, 7) is 4.69. The molecule has 0 aliphatic rings. The van der Waals surface area contributed by atoms with E-state index in [4.69, 9.17) is 10.2 Å². The van der Waals surface area contributed by atoms with Crippen molar-refractivity contribution in [3.05, 3.63) is 0 Å². The lowest BCUT2D eigenvalue weighted by Gasteiger charge is -2.26. The molecular weight excluding hydrogens is 206 g/mol. The molecule has 0 heterocycles. The summed E-state index contributed by atoms with van der Waals surface area (Å²) < 4.78 is 0. The van der Waals surface area contributed by atoms with Gasteiger partial charge in [0, 0.05) is 19.0 Å². The highest BCUT2D eigenvalue weighted by Gasteiger charge is 2.22. The summed E-state index contributed by atoms with van der Waals surface area (Å²) in [6.07, 6.45) is 3.76. The molecule has 2 N–H and O–H groups in total. The van der Waals surface area contributed by atoms with E-state index in [-0.39, 0.29) is 25.0 Å². The number of aliphatic hydroxyl groups excluding tert-OH is 2. The molecule has 0 aromatic heterocycles. The molecule has 0 unspecified atom stereocenters. The Morgan fingerprint density at radius 2 is 1.50 bits per heavy atom. The van der Waals surface area contributed by atoms with Crippen molar-refractivity contribution >= 4 is 5.91 Å². The number of carbonyl (C=O) groups excluding carboxylic acids is 1. The van der Waals surface area contributed by atoms with Gasteiger partial charge in [-0.05, 0) is 12.8 Å². The maximum atomic E-state index is 12.1. The molecule has 0 atom stereocenters. The molecule has 96 valence electrons. The molecule has 4 nitrogen and oxygen atoms in total. The van der Waals surface area contributed by atoms with E-state index in [9.17, 15) is 4.79 Å². The van der Waals surface area contributed by atoms with Gasteiger partial charge < -0.3 is 15.1 Å². The molecule has 0 fully saturated rings. The Morgan fingerprint density at radius 1 is 1.06 bits per heavy atom. The number of carbonyl (C=O) groups is 1. The summed E-state index contributed by atoms with van der Waals surface area (Å²) in [4.78, 5) is 13.7. The second-order valence-corrected chi connectivity index (χ2v) is 4.05. The Kier molecular flexibility index (Phi) is 9.24. The monoisotopic (exact) mass is 231 g/mol. The lowest BCUT2D eigenvalue weighted by atomic mass is 9.96. The van der Waals surface area contributed by atoms with Crippen molar-refractivity contribution in [2.75, 3.05) is 26.3 Å². The van der Waals surface area contributed by atoms with Crippen LogP contribution in [0.25, 0.3) is 0 Å². The van der Waals surface area contributed by atoms with Gasteiger partial charge in [-0.15, -0.1) is 0 Å². The van der Waals surface area contributed by atoms with Gasteiger partial charge in [0.1, 0.15) is 0 Å². The minimum Gasteiger partial charge on any atom is -0.395 e. The lowest BCUT2D eigenvalue weighted by molar-refractivity contribution is -0.137. The largest absolute Gasteiger partial charge is 0.395 e. The number of hydrogen-bond acceptors (Lipinski definition) is 3. The second-order valence-electron chi connectivity index (χ2n) is 4.05. The number of hydrogen-bond donors (Lipinski definition) is 2. The fourth-order valence-corrected chi connectivity index (χ4v) is 1.92. The Bertz CT molecular complexity index is 155. The molecule has 0 aliphatic heterocycles. The van der Waals surface area contributed by atoms with E-state index in [0.29, 0.717) is 13.1 Å². The minimum absolute atomic E-state index is 0.0449. The van der Waals surface area contributed by atoms with Gasteiger partial charge in [-0.2, -0.15) is 0 Å². The fraction of sp³-hybridized carbons (Fsp3) is 0.917. The maximum absolute atomic E-state index is 12.1. The first-order valence-electron chi connectivity index (χ1n) is 6.21. The predicted molar refractivity (Wildman–Crippen MR) is 64.1 cm³/mol. The van der Waals surface area contributed by atoms with Crippen LogP contribution in [-0.2, 0) is 4.79 Å². The minimum atomic E-state index is -0.0449. The van der Waals surface area contributed by atoms with Crippen LogP contribution in [0.4, 0.5) is 0 Å². The van der Waals surface area contributed by atoms with E-state index in [1.807, 2.05) is 0 Å². The highest BCUT2D eigenvalue weighted by Crippen LogP contribution is 2.16. The topological polar surface area (TPSA) is 60.8 Å². The molecule has 1 amide bonds. The van der Waals surface area contributed by atoms with E-state index in [0.717, 1.165) is 25.7 Å². The van der Waals surface area contributed by atoms with Crippen molar-refractivity contribution in [3.63, 3.8) is 0 Å². The first-order valence-corrected chi connectivity index (χ1v) is 6.21. The molecule has 0 aliphatic carbocycles. The third-order valence-corrected chi connectivity index (χ3v) is 2.68. The summed E-state index contributed by atoms with van der Waals surface area (Å²) in [6, 6.07) is 0. The van der Waals surface area contributed by atoms with Gasteiger partial charge in [-0.25, -0.2) is 0 Å². The standard InChI is InChI=1S/C12H25NO3/c1-3-5-11(6-4-2)12(16)13(7-9-14)8-10-15/h11,14-15H,3-10H2,1-2H3. The van der Waals surface area contributed by atoms with Gasteiger partial charge in [-0.1, -0.05) is 26.7 Å². The fourth-order valence-electron chi connectivity index (χ4n) is 1.92. The van der Waals surface area contributed by atoms with Crippen LogP contribution in [0.3, 0.4) is 0 Å². The Balaban J connectivity index is 4.38. The maximum Gasteiger partial charge on any atom is 0.225 e. The van der Waals surface area contributed by atoms with Crippen LogP contribution in [0.5, 0.6) is 0 Å². The molecule has 0 aromatic rings. The quantitative estimate of drug-likeness (QED) is 0.623. The van der Waals surface area contributed by atoms with E-state index in [2.05, 4.69) is 13.8 Å². The molecule has 0 spiro atoms. The number of amides is 1. The van der Waals surface area contributed by atoms with E-state index in [1.54, 1.807) is 4.90 Å². The van der Waals surface area contributed by atoms with Gasteiger partial charge >= 0.3 is 0 Å². The molecule has 0 bridgehead atoms. The van der Waals surface area contributed by atoms with Crippen LogP contribution < -0.4 is 0 Å². The molecule has 0 saturated heterocycles. The van der Waals surface area contributed by atoms with Gasteiger partial charge in [-0.3, -0.25) is 4.79 Å². The average molecular weight is 231 g/mol. The normalized spacial score (nSPS) is 10.8. The van der Waals surface area contributed by atoms with Crippen LogP contribution >= 0.6 is 0 Å². The molecule has 0 rings (SSSR count). The first kappa shape index (κ1) is 15.4. The number of aliphatic hydroxyl groups is 2. The third-order valence-electron chi connectivity index (χ3n) is 2.68. The number of nitrogens with zero attached hydrogens (tertiary/aromatic N) is 1. The van der Waals surface area contributed by atoms with Crippen molar-refractivity contribution < 1.29 is 15.0 Å². The zero-order valence-electron chi connectivity index (χ0n) is 10.5. The highest BCUT2D eigenvalue weighted by molar-refractivity contribution is 5.78. The van der Waals surface area contributed by atoms with Gasteiger partial charge in [0.25, 0.3) is 0 Å². The molecule has 0 aromatic carbocycles.